The number of nitrogens with zero attached hydrogens (tertiary/aromatic N) is 1. The maximum absolute atomic E-state index is 10.9. The zero-order valence-electron chi connectivity index (χ0n) is 7.11. The molecule has 1 heterocycles. The summed E-state index contributed by atoms with van der Waals surface area (Å²) in [4.78, 5) is 26.7. The second-order valence-electron chi connectivity index (χ2n) is 2.99. The van der Waals surface area contributed by atoms with Crippen LogP contribution < -0.4 is 0 Å². The van der Waals surface area contributed by atoms with E-state index in [4.69, 9.17) is 4.84 Å². The molecule has 0 N–H and O–H groups in total. The largest absolute Gasteiger partial charge is 0.277 e. The lowest BCUT2D eigenvalue weighted by molar-refractivity contribution is -0.188. The Labute approximate surface area is 70.7 Å². The molecule has 2 amide bonds. The second-order valence-corrected chi connectivity index (χ2v) is 2.99. The molecular formula is C8H11NO3. The lowest BCUT2D eigenvalue weighted by atomic mass is 10.2. The van der Waals surface area contributed by atoms with Crippen molar-refractivity contribution >= 4 is 11.8 Å². The molecule has 1 rings (SSSR count). The molecule has 0 aromatic carbocycles. The number of hydrogen-bond donors (Lipinski definition) is 0. The van der Waals surface area contributed by atoms with Crippen molar-refractivity contribution in [3.05, 3.63) is 12.2 Å². The lowest BCUT2D eigenvalue weighted by Gasteiger charge is -2.14. The number of amides is 2. The summed E-state index contributed by atoms with van der Waals surface area (Å²) in [5.74, 6) is -0.507. The van der Waals surface area contributed by atoms with E-state index in [1.54, 1.807) is 0 Å². The van der Waals surface area contributed by atoms with Crippen molar-refractivity contribution in [1.82, 2.24) is 5.06 Å². The van der Waals surface area contributed by atoms with E-state index in [-0.39, 0.29) is 0 Å². The monoisotopic (exact) mass is 169 g/mol. The fourth-order valence-electron chi connectivity index (χ4n) is 0.737. The standard InChI is InChI=1S/C8H11NO3/c1-6(2)5-12-9-7(10)3-4-8(9)11/h3-4,6H,5H2,1-2H3. The third-order valence-electron chi connectivity index (χ3n) is 1.31. The van der Waals surface area contributed by atoms with Crippen molar-refractivity contribution in [2.24, 2.45) is 5.92 Å². The highest BCUT2D eigenvalue weighted by molar-refractivity contribution is 6.11. The summed E-state index contributed by atoms with van der Waals surface area (Å²) < 4.78 is 0. The molecule has 0 atom stereocenters. The fraction of sp³-hybridized carbons (Fsp3) is 0.500. The third kappa shape index (κ3) is 1.92. The van der Waals surface area contributed by atoms with Crippen LogP contribution in [-0.2, 0) is 14.4 Å². The summed E-state index contributed by atoms with van der Waals surface area (Å²) >= 11 is 0. The van der Waals surface area contributed by atoms with E-state index >= 15 is 0 Å². The molecule has 0 saturated carbocycles. The summed E-state index contributed by atoms with van der Waals surface area (Å²) in [5.41, 5.74) is 0. The van der Waals surface area contributed by atoms with Gasteiger partial charge in [0.1, 0.15) is 0 Å². The van der Waals surface area contributed by atoms with Crippen LogP contribution in [0.2, 0.25) is 0 Å². The van der Waals surface area contributed by atoms with Gasteiger partial charge in [-0.2, -0.15) is 0 Å². The van der Waals surface area contributed by atoms with E-state index in [1.807, 2.05) is 13.8 Å². The minimum atomic E-state index is -0.402. The van der Waals surface area contributed by atoms with Gasteiger partial charge in [0.2, 0.25) is 0 Å². The van der Waals surface area contributed by atoms with Crippen molar-refractivity contribution in [2.75, 3.05) is 6.61 Å². The minimum absolute atomic E-state index is 0.297. The number of hydrogen-bond acceptors (Lipinski definition) is 3. The van der Waals surface area contributed by atoms with Crippen LogP contribution >= 0.6 is 0 Å². The van der Waals surface area contributed by atoms with E-state index in [0.717, 1.165) is 5.06 Å². The smallest absolute Gasteiger partial charge is 0.267 e. The lowest BCUT2D eigenvalue weighted by Crippen LogP contribution is -2.31. The average Bonchev–Trinajstić information content (AvgIpc) is 2.28. The average molecular weight is 169 g/mol. The molecule has 0 fully saturated rings. The highest BCUT2D eigenvalue weighted by Crippen LogP contribution is 2.05. The fourth-order valence-corrected chi connectivity index (χ4v) is 0.737. The Morgan fingerprint density at radius 1 is 1.33 bits per heavy atom. The molecule has 4 nitrogen and oxygen atoms in total. The van der Waals surface area contributed by atoms with E-state index in [9.17, 15) is 9.59 Å². The molecule has 1 aliphatic rings. The van der Waals surface area contributed by atoms with E-state index in [2.05, 4.69) is 0 Å². The first-order valence-corrected chi connectivity index (χ1v) is 3.80. The predicted molar refractivity (Wildman–Crippen MR) is 41.8 cm³/mol. The maximum Gasteiger partial charge on any atom is 0.277 e. The van der Waals surface area contributed by atoms with Crippen molar-refractivity contribution in [3.63, 3.8) is 0 Å². The molecule has 4 heteroatoms. The van der Waals surface area contributed by atoms with Crippen molar-refractivity contribution < 1.29 is 14.4 Å². The first-order valence-electron chi connectivity index (χ1n) is 3.80. The number of carbonyl (C=O) groups is 2. The quantitative estimate of drug-likeness (QED) is 0.578. The van der Waals surface area contributed by atoms with Crippen LogP contribution in [0.1, 0.15) is 13.8 Å². The summed E-state index contributed by atoms with van der Waals surface area (Å²) in [5, 5.41) is 0.778. The highest BCUT2D eigenvalue weighted by Gasteiger charge is 2.24. The van der Waals surface area contributed by atoms with Gasteiger partial charge < -0.3 is 0 Å². The molecule has 12 heavy (non-hydrogen) atoms. The van der Waals surface area contributed by atoms with Crippen LogP contribution in [0.25, 0.3) is 0 Å². The number of imide groups is 1. The van der Waals surface area contributed by atoms with Crippen LogP contribution in [0.15, 0.2) is 12.2 Å². The van der Waals surface area contributed by atoms with Gasteiger partial charge in [0.05, 0.1) is 6.61 Å². The Balaban J connectivity index is 2.43. The Kier molecular flexibility index (Phi) is 2.60. The van der Waals surface area contributed by atoms with Crippen molar-refractivity contribution in [1.29, 1.82) is 0 Å². The molecule has 0 spiro atoms. The van der Waals surface area contributed by atoms with Gasteiger partial charge in [-0.05, 0) is 5.92 Å². The second kappa shape index (κ2) is 3.49. The normalized spacial score (nSPS) is 16.8. The van der Waals surface area contributed by atoms with Gasteiger partial charge in [-0.15, -0.1) is 5.06 Å². The summed E-state index contributed by atoms with van der Waals surface area (Å²) in [6.07, 6.45) is 2.39. The van der Waals surface area contributed by atoms with Gasteiger partial charge in [0, 0.05) is 12.2 Å². The number of rotatable bonds is 3. The summed E-state index contributed by atoms with van der Waals surface area (Å²) in [7, 11) is 0. The zero-order chi connectivity index (χ0) is 9.14. The van der Waals surface area contributed by atoms with E-state index in [1.165, 1.54) is 12.2 Å². The van der Waals surface area contributed by atoms with Crippen LogP contribution in [-0.4, -0.2) is 23.5 Å². The Bertz CT molecular complexity index is 214. The highest BCUT2D eigenvalue weighted by atomic mass is 16.7. The van der Waals surface area contributed by atoms with Crippen molar-refractivity contribution in [2.45, 2.75) is 13.8 Å². The van der Waals surface area contributed by atoms with Gasteiger partial charge in [-0.3, -0.25) is 14.4 Å². The van der Waals surface area contributed by atoms with E-state index < -0.39 is 11.8 Å². The van der Waals surface area contributed by atoms with E-state index in [0.29, 0.717) is 12.5 Å². The number of hydroxylamine groups is 2. The Morgan fingerprint density at radius 3 is 2.25 bits per heavy atom. The van der Waals surface area contributed by atoms with Gasteiger partial charge in [-0.25, -0.2) is 0 Å². The molecule has 0 aromatic heterocycles. The van der Waals surface area contributed by atoms with Gasteiger partial charge in [0.15, 0.2) is 0 Å². The van der Waals surface area contributed by atoms with Crippen LogP contribution in [0.3, 0.4) is 0 Å². The molecule has 0 radical (unpaired) electrons. The molecule has 0 aromatic rings. The molecular weight excluding hydrogens is 158 g/mol. The van der Waals surface area contributed by atoms with Crippen LogP contribution in [0.5, 0.6) is 0 Å². The number of carbonyl (C=O) groups excluding carboxylic acids is 2. The van der Waals surface area contributed by atoms with Gasteiger partial charge >= 0.3 is 0 Å². The van der Waals surface area contributed by atoms with Crippen LogP contribution in [0, 0.1) is 5.92 Å². The molecule has 66 valence electrons. The minimum Gasteiger partial charge on any atom is -0.267 e. The maximum atomic E-state index is 10.9. The topological polar surface area (TPSA) is 46.6 Å². The summed E-state index contributed by atoms with van der Waals surface area (Å²) in [6, 6.07) is 0. The Morgan fingerprint density at radius 2 is 1.83 bits per heavy atom. The predicted octanol–water partition coefficient (Wildman–Crippen LogP) is 0.499. The molecule has 0 unspecified atom stereocenters. The molecule has 0 aliphatic carbocycles. The molecule has 0 saturated heterocycles. The molecule has 1 aliphatic heterocycles. The first-order chi connectivity index (χ1) is 5.61. The first kappa shape index (κ1) is 8.93. The Hall–Kier alpha value is -1.16. The molecule has 0 bridgehead atoms. The third-order valence-corrected chi connectivity index (χ3v) is 1.31. The van der Waals surface area contributed by atoms with Gasteiger partial charge in [0.25, 0.3) is 11.8 Å². The summed E-state index contributed by atoms with van der Waals surface area (Å²) in [6.45, 7) is 4.26. The van der Waals surface area contributed by atoms with Crippen molar-refractivity contribution in [3.8, 4) is 0 Å². The van der Waals surface area contributed by atoms with Crippen LogP contribution in [0.4, 0.5) is 0 Å². The SMILES string of the molecule is CC(C)CON1C(=O)C=CC1=O. The zero-order valence-corrected chi connectivity index (χ0v) is 7.11. The van der Waals surface area contributed by atoms with Gasteiger partial charge in [-0.1, -0.05) is 13.8 Å².